The summed E-state index contributed by atoms with van der Waals surface area (Å²) in [5.74, 6) is 2.15. The zero-order chi connectivity index (χ0) is 20.2. The summed E-state index contributed by atoms with van der Waals surface area (Å²) in [6.45, 7) is 12.3. The van der Waals surface area contributed by atoms with E-state index < -0.39 is 0 Å². The second kappa shape index (κ2) is 10.8. The van der Waals surface area contributed by atoms with Crippen LogP contribution in [0.15, 0.2) is 27.6 Å². The van der Waals surface area contributed by atoms with Gasteiger partial charge in [0.2, 0.25) is 0 Å². The van der Waals surface area contributed by atoms with Gasteiger partial charge in [-0.2, -0.15) is 0 Å². The molecule has 8 heteroatoms. The molecule has 1 aromatic carbocycles. The first-order valence-corrected chi connectivity index (χ1v) is 10.6. The lowest BCUT2D eigenvalue weighted by Gasteiger charge is -2.29. The van der Waals surface area contributed by atoms with Crippen molar-refractivity contribution >= 4 is 40.9 Å². The second-order valence-corrected chi connectivity index (χ2v) is 7.97. The molecule has 2 aliphatic heterocycles. The lowest BCUT2D eigenvalue weighted by atomic mass is 10.1. The summed E-state index contributed by atoms with van der Waals surface area (Å²) in [6.07, 6.45) is 1.19. The van der Waals surface area contributed by atoms with Gasteiger partial charge in [0.25, 0.3) is 0 Å². The summed E-state index contributed by atoms with van der Waals surface area (Å²) < 4.78 is 24.9. The molecule has 0 aliphatic carbocycles. The topological polar surface area (TPSA) is 53.2 Å². The predicted octanol–water partition coefficient (Wildman–Crippen LogP) is 3.62. The fourth-order valence-corrected chi connectivity index (χ4v) is 4.29. The smallest absolute Gasteiger partial charge is 0.194 e. The number of likely N-dealkylation sites (tertiary alicyclic amines) is 1. The Balaban J connectivity index is 0.00000256. The van der Waals surface area contributed by atoms with Crippen molar-refractivity contribution in [2.75, 3.05) is 52.5 Å². The number of benzene rings is 1. The Labute approximate surface area is 194 Å². The molecule has 2 aliphatic rings. The van der Waals surface area contributed by atoms with Crippen LogP contribution < -0.4 is 5.32 Å². The second-order valence-electron chi connectivity index (χ2n) is 7.97. The Hall–Kier alpha value is -1.39. The van der Waals surface area contributed by atoms with Crippen LogP contribution in [0, 0.1) is 18.7 Å². The van der Waals surface area contributed by atoms with Gasteiger partial charge in [0, 0.05) is 50.2 Å². The fraction of sp³-hybridized carbons (Fsp3) is 0.591. The molecule has 1 unspecified atom stereocenters. The molecule has 0 amide bonds. The number of hydrogen-bond acceptors (Lipinski definition) is 4. The van der Waals surface area contributed by atoms with Crippen molar-refractivity contribution in [3.05, 3.63) is 35.3 Å². The number of aliphatic imine (C=N–C) groups is 1. The highest BCUT2D eigenvalue weighted by atomic mass is 127. The highest BCUT2D eigenvalue weighted by Crippen LogP contribution is 2.27. The average Bonchev–Trinajstić information content (AvgIpc) is 3.31. The van der Waals surface area contributed by atoms with E-state index in [9.17, 15) is 4.39 Å². The van der Waals surface area contributed by atoms with Gasteiger partial charge in [0.15, 0.2) is 5.96 Å². The summed E-state index contributed by atoms with van der Waals surface area (Å²) in [6, 6.07) is 4.65. The molecule has 6 nitrogen and oxygen atoms in total. The van der Waals surface area contributed by atoms with Gasteiger partial charge in [-0.05, 0) is 44.4 Å². The minimum absolute atomic E-state index is 0. The van der Waals surface area contributed by atoms with Crippen LogP contribution in [-0.2, 0) is 11.3 Å². The maximum atomic E-state index is 13.6. The normalized spacial score (nSPS) is 20.6. The van der Waals surface area contributed by atoms with E-state index in [1.807, 2.05) is 6.92 Å². The third-order valence-corrected chi connectivity index (χ3v) is 5.91. The number of morpholine rings is 1. The predicted molar refractivity (Wildman–Crippen MR) is 128 cm³/mol. The quantitative estimate of drug-likeness (QED) is 0.364. The van der Waals surface area contributed by atoms with Gasteiger partial charge in [-0.15, -0.1) is 24.0 Å². The van der Waals surface area contributed by atoms with E-state index in [1.165, 1.54) is 18.6 Å². The monoisotopic (exact) mass is 530 g/mol. The Morgan fingerprint density at radius 1 is 1.27 bits per heavy atom. The molecule has 2 aromatic rings. The first-order valence-electron chi connectivity index (χ1n) is 10.6. The maximum Gasteiger partial charge on any atom is 0.194 e. The number of ether oxygens (including phenoxy) is 1. The number of halogens is 2. The van der Waals surface area contributed by atoms with Crippen molar-refractivity contribution in [3.63, 3.8) is 0 Å². The largest absolute Gasteiger partial charge is 0.459 e. The molecule has 2 fully saturated rings. The van der Waals surface area contributed by atoms with Gasteiger partial charge in [0.05, 0.1) is 13.2 Å². The number of fused-ring (bicyclic) bond motifs is 1. The molecule has 1 atom stereocenters. The van der Waals surface area contributed by atoms with E-state index in [1.54, 1.807) is 6.07 Å². The van der Waals surface area contributed by atoms with Crippen LogP contribution in [0.2, 0.25) is 0 Å². The number of furan rings is 1. The minimum Gasteiger partial charge on any atom is -0.459 e. The van der Waals surface area contributed by atoms with Crippen molar-refractivity contribution < 1.29 is 13.5 Å². The van der Waals surface area contributed by atoms with Crippen molar-refractivity contribution in [1.29, 1.82) is 0 Å². The third kappa shape index (κ3) is 5.45. The minimum atomic E-state index is -0.242. The first kappa shape index (κ1) is 23.3. The van der Waals surface area contributed by atoms with Gasteiger partial charge in [-0.25, -0.2) is 9.38 Å². The van der Waals surface area contributed by atoms with Gasteiger partial charge in [-0.3, -0.25) is 4.90 Å². The van der Waals surface area contributed by atoms with E-state index in [0.29, 0.717) is 18.0 Å². The van der Waals surface area contributed by atoms with Crippen molar-refractivity contribution in [3.8, 4) is 0 Å². The number of nitrogens with one attached hydrogen (secondary N) is 1. The van der Waals surface area contributed by atoms with E-state index in [0.717, 1.165) is 75.2 Å². The number of aryl methyl sites for hydroxylation is 1. The summed E-state index contributed by atoms with van der Waals surface area (Å²) in [4.78, 5) is 9.70. The molecule has 0 bridgehead atoms. The summed E-state index contributed by atoms with van der Waals surface area (Å²) in [5, 5.41) is 4.25. The molecule has 3 heterocycles. The van der Waals surface area contributed by atoms with Crippen LogP contribution in [-0.4, -0.2) is 68.2 Å². The molecule has 2 saturated heterocycles. The molecular weight excluding hydrogens is 498 g/mol. The zero-order valence-corrected chi connectivity index (χ0v) is 20.2. The van der Waals surface area contributed by atoms with Crippen molar-refractivity contribution in [2.24, 2.45) is 10.9 Å². The Kier molecular flexibility index (Phi) is 8.35. The zero-order valence-electron chi connectivity index (χ0n) is 17.8. The Bertz CT molecular complexity index is 866. The van der Waals surface area contributed by atoms with Gasteiger partial charge in [-0.1, -0.05) is 0 Å². The molecule has 0 spiro atoms. The molecule has 0 saturated carbocycles. The highest BCUT2D eigenvalue weighted by Gasteiger charge is 2.27. The number of guanidine groups is 1. The molecular formula is C22H32FIN4O2. The van der Waals surface area contributed by atoms with E-state index in [4.69, 9.17) is 14.1 Å². The summed E-state index contributed by atoms with van der Waals surface area (Å²) in [7, 11) is 0. The van der Waals surface area contributed by atoms with Gasteiger partial charge in [0.1, 0.15) is 23.7 Å². The number of hydrogen-bond donors (Lipinski definition) is 1. The van der Waals surface area contributed by atoms with Crippen molar-refractivity contribution in [1.82, 2.24) is 15.1 Å². The van der Waals surface area contributed by atoms with Crippen LogP contribution >= 0.6 is 24.0 Å². The SMILES string of the molecule is CCNC(=NCc1oc2ccc(F)cc2c1C)N1CCC(CN2CCOCC2)C1.I. The van der Waals surface area contributed by atoms with Crippen LogP contribution in [0.4, 0.5) is 4.39 Å². The van der Waals surface area contributed by atoms with Gasteiger partial charge < -0.3 is 19.4 Å². The Morgan fingerprint density at radius 2 is 2.07 bits per heavy atom. The third-order valence-electron chi connectivity index (χ3n) is 5.91. The standard InChI is InChI=1S/C22H31FN4O2.HI/c1-3-24-22(27-7-6-17(15-27)14-26-8-10-28-11-9-26)25-13-21-16(2)19-12-18(23)4-5-20(19)29-21;/h4-5,12,17H,3,6-11,13-15H2,1-2H3,(H,24,25);1H. The van der Waals surface area contributed by atoms with Crippen LogP contribution in [0.5, 0.6) is 0 Å². The fourth-order valence-electron chi connectivity index (χ4n) is 4.29. The van der Waals surface area contributed by atoms with E-state index in [-0.39, 0.29) is 29.8 Å². The molecule has 166 valence electrons. The van der Waals surface area contributed by atoms with Crippen LogP contribution in [0.3, 0.4) is 0 Å². The number of rotatable bonds is 5. The lowest BCUT2D eigenvalue weighted by Crippen LogP contribution is -2.42. The number of nitrogens with zero attached hydrogens (tertiary/aromatic N) is 3. The van der Waals surface area contributed by atoms with E-state index >= 15 is 0 Å². The van der Waals surface area contributed by atoms with Gasteiger partial charge >= 0.3 is 0 Å². The lowest BCUT2D eigenvalue weighted by molar-refractivity contribution is 0.0315. The summed E-state index contributed by atoms with van der Waals surface area (Å²) in [5.41, 5.74) is 1.68. The first-order chi connectivity index (χ1) is 14.1. The molecule has 0 radical (unpaired) electrons. The van der Waals surface area contributed by atoms with Crippen LogP contribution in [0.25, 0.3) is 11.0 Å². The molecule has 4 rings (SSSR count). The molecule has 1 aromatic heterocycles. The summed E-state index contributed by atoms with van der Waals surface area (Å²) >= 11 is 0. The van der Waals surface area contributed by atoms with Crippen LogP contribution in [0.1, 0.15) is 24.7 Å². The highest BCUT2D eigenvalue weighted by molar-refractivity contribution is 14.0. The molecule has 1 N–H and O–H groups in total. The van der Waals surface area contributed by atoms with E-state index in [2.05, 4.69) is 22.0 Å². The maximum absolute atomic E-state index is 13.6. The molecule has 30 heavy (non-hydrogen) atoms. The average molecular weight is 530 g/mol. The van der Waals surface area contributed by atoms with Crippen molar-refractivity contribution in [2.45, 2.75) is 26.8 Å². The Morgan fingerprint density at radius 3 is 2.83 bits per heavy atom.